The van der Waals surface area contributed by atoms with Gasteiger partial charge in [0.1, 0.15) is 6.54 Å². The van der Waals surface area contributed by atoms with Crippen molar-refractivity contribution in [2.75, 3.05) is 26.2 Å². The van der Waals surface area contributed by atoms with Crippen molar-refractivity contribution in [3.8, 4) is 0 Å². The smallest absolute Gasteiger partial charge is 0.242 e. The molecular formula is C22H30N6O2. The van der Waals surface area contributed by atoms with Gasteiger partial charge in [-0.15, -0.1) is 0 Å². The summed E-state index contributed by atoms with van der Waals surface area (Å²) in [5.74, 6) is 0.304. The zero-order valence-corrected chi connectivity index (χ0v) is 17.3. The molecule has 8 nitrogen and oxygen atoms in total. The average molecular weight is 411 g/mol. The Bertz CT molecular complexity index is 817. The zero-order valence-electron chi connectivity index (χ0n) is 17.3. The van der Waals surface area contributed by atoms with Crippen molar-refractivity contribution in [2.24, 2.45) is 5.92 Å². The molecule has 2 aromatic rings. The largest absolute Gasteiger partial charge is 0.350 e. The van der Waals surface area contributed by atoms with Crippen molar-refractivity contribution in [1.29, 1.82) is 0 Å². The fraction of sp³-hybridized carbons (Fsp3) is 0.545. The number of hydrogen-bond donors (Lipinski definition) is 1. The molecule has 0 saturated carbocycles. The van der Waals surface area contributed by atoms with Crippen LogP contribution in [0.25, 0.3) is 0 Å². The number of aromatic nitrogens is 3. The Labute approximate surface area is 177 Å². The molecule has 0 bridgehead atoms. The molecule has 4 rings (SSSR count). The maximum Gasteiger partial charge on any atom is 0.242 e. The number of hydrogen-bond acceptors (Lipinski definition) is 5. The molecule has 0 aliphatic carbocycles. The minimum atomic E-state index is 0.0309. The lowest BCUT2D eigenvalue weighted by Crippen LogP contribution is -2.51. The van der Waals surface area contributed by atoms with Gasteiger partial charge >= 0.3 is 0 Å². The number of carbonyl (C=O) groups is 2. The second-order valence-corrected chi connectivity index (χ2v) is 8.22. The molecule has 160 valence electrons. The van der Waals surface area contributed by atoms with E-state index < -0.39 is 0 Å². The first kappa shape index (κ1) is 20.5. The second kappa shape index (κ2) is 9.84. The maximum absolute atomic E-state index is 12.7. The van der Waals surface area contributed by atoms with Crippen molar-refractivity contribution in [1.82, 2.24) is 29.7 Å². The predicted molar refractivity (Wildman–Crippen MR) is 112 cm³/mol. The third-order valence-electron chi connectivity index (χ3n) is 6.20. The van der Waals surface area contributed by atoms with Crippen LogP contribution in [0.1, 0.15) is 31.4 Å². The molecule has 1 atom stereocenters. The van der Waals surface area contributed by atoms with E-state index in [0.29, 0.717) is 19.1 Å². The summed E-state index contributed by atoms with van der Waals surface area (Å²) in [5, 5.41) is 3.05. The SMILES string of the molecule is O=C(NCc1ccccn1)[C@H]1CCCN(C2CCN(C(=O)Cn3ccnc3)CC2)C1. The number of nitrogens with one attached hydrogen (secondary N) is 1. The third kappa shape index (κ3) is 5.24. The van der Waals surface area contributed by atoms with Crippen molar-refractivity contribution in [2.45, 2.75) is 44.8 Å². The van der Waals surface area contributed by atoms with E-state index in [2.05, 4.69) is 20.2 Å². The Kier molecular flexibility index (Phi) is 6.74. The fourth-order valence-electron chi connectivity index (χ4n) is 4.49. The first-order chi connectivity index (χ1) is 14.7. The van der Waals surface area contributed by atoms with Crippen LogP contribution >= 0.6 is 0 Å². The van der Waals surface area contributed by atoms with E-state index in [1.165, 1.54) is 0 Å². The van der Waals surface area contributed by atoms with Crippen LogP contribution in [0.15, 0.2) is 43.1 Å². The Morgan fingerprint density at radius 1 is 1.10 bits per heavy atom. The van der Waals surface area contributed by atoms with Crippen LogP contribution in [0.2, 0.25) is 0 Å². The van der Waals surface area contributed by atoms with Gasteiger partial charge in [0, 0.05) is 44.3 Å². The summed E-state index contributed by atoms with van der Waals surface area (Å²) in [5.41, 5.74) is 0.881. The van der Waals surface area contributed by atoms with Crippen LogP contribution in [0.5, 0.6) is 0 Å². The van der Waals surface area contributed by atoms with Crippen LogP contribution in [0.3, 0.4) is 0 Å². The van der Waals surface area contributed by atoms with Gasteiger partial charge in [-0.05, 0) is 44.4 Å². The predicted octanol–water partition coefficient (Wildman–Crippen LogP) is 1.30. The number of carbonyl (C=O) groups excluding carboxylic acids is 2. The molecule has 0 spiro atoms. The summed E-state index contributed by atoms with van der Waals surface area (Å²) in [6.45, 7) is 4.25. The molecule has 2 saturated heterocycles. The molecule has 0 radical (unpaired) electrons. The minimum Gasteiger partial charge on any atom is -0.350 e. The van der Waals surface area contributed by atoms with Crippen molar-refractivity contribution < 1.29 is 9.59 Å². The van der Waals surface area contributed by atoms with Crippen LogP contribution < -0.4 is 5.32 Å². The summed E-state index contributed by atoms with van der Waals surface area (Å²) in [6.07, 6.45) is 10.9. The van der Waals surface area contributed by atoms with E-state index in [1.54, 1.807) is 18.7 Å². The van der Waals surface area contributed by atoms with Gasteiger partial charge in [-0.3, -0.25) is 19.5 Å². The van der Waals surface area contributed by atoms with E-state index in [9.17, 15) is 9.59 Å². The molecule has 0 unspecified atom stereocenters. The molecule has 2 aromatic heterocycles. The summed E-state index contributed by atoms with van der Waals surface area (Å²) >= 11 is 0. The first-order valence-electron chi connectivity index (χ1n) is 10.8. The number of pyridine rings is 1. The highest BCUT2D eigenvalue weighted by Gasteiger charge is 2.32. The van der Waals surface area contributed by atoms with E-state index in [0.717, 1.165) is 57.6 Å². The van der Waals surface area contributed by atoms with Gasteiger partial charge in [0.05, 0.1) is 24.5 Å². The lowest BCUT2D eigenvalue weighted by Gasteiger charge is -2.42. The normalized spacial score (nSPS) is 20.8. The van der Waals surface area contributed by atoms with Crippen molar-refractivity contribution in [3.05, 3.63) is 48.8 Å². The summed E-state index contributed by atoms with van der Waals surface area (Å²) < 4.78 is 1.81. The van der Waals surface area contributed by atoms with Gasteiger partial charge in [0.2, 0.25) is 11.8 Å². The Balaban J connectivity index is 1.23. The standard InChI is InChI=1S/C22H30N6O2/c29-21(16-26-13-9-23-17-26)27-11-6-20(7-12-27)28-10-3-4-18(15-28)22(30)25-14-19-5-1-2-8-24-19/h1-2,5,8-9,13,17-18,20H,3-4,6-7,10-12,14-16H2,(H,25,30)/t18-/m0/s1. The first-order valence-corrected chi connectivity index (χ1v) is 10.8. The van der Waals surface area contributed by atoms with Crippen molar-refractivity contribution in [3.63, 3.8) is 0 Å². The van der Waals surface area contributed by atoms with Crippen LogP contribution in [0.4, 0.5) is 0 Å². The van der Waals surface area contributed by atoms with E-state index in [1.807, 2.05) is 33.9 Å². The second-order valence-electron chi connectivity index (χ2n) is 8.22. The quantitative estimate of drug-likeness (QED) is 0.776. The lowest BCUT2D eigenvalue weighted by atomic mass is 9.93. The highest BCUT2D eigenvalue weighted by molar-refractivity contribution is 5.79. The maximum atomic E-state index is 12.7. The molecule has 0 aromatic carbocycles. The zero-order chi connectivity index (χ0) is 20.8. The summed E-state index contributed by atoms with van der Waals surface area (Å²) in [7, 11) is 0. The van der Waals surface area contributed by atoms with Crippen LogP contribution in [0, 0.1) is 5.92 Å². The third-order valence-corrected chi connectivity index (χ3v) is 6.20. The van der Waals surface area contributed by atoms with E-state index >= 15 is 0 Å². The highest BCUT2D eigenvalue weighted by Crippen LogP contribution is 2.24. The number of nitrogens with zero attached hydrogens (tertiary/aromatic N) is 5. The van der Waals surface area contributed by atoms with E-state index in [-0.39, 0.29) is 17.7 Å². The molecule has 4 heterocycles. The van der Waals surface area contributed by atoms with Crippen LogP contribution in [-0.4, -0.2) is 68.4 Å². The van der Waals surface area contributed by atoms with Gasteiger partial charge in [0.15, 0.2) is 0 Å². The molecule has 2 fully saturated rings. The van der Waals surface area contributed by atoms with Gasteiger partial charge in [-0.1, -0.05) is 6.07 Å². The number of imidazole rings is 1. The summed E-state index contributed by atoms with van der Waals surface area (Å²) in [6, 6.07) is 6.19. The van der Waals surface area contributed by atoms with Gasteiger partial charge in [-0.2, -0.15) is 0 Å². The average Bonchev–Trinajstić information content (AvgIpc) is 3.31. The Morgan fingerprint density at radius 3 is 2.70 bits per heavy atom. The highest BCUT2D eigenvalue weighted by atomic mass is 16.2. The molecule has 1 N–H and O–H groups in total. The number of rotatable bonds is 6. The molecule has 8 heteroatoms. The Morgan fingerprint density at radius 2 is 1.97 bits per heavy atom. The lowest BCUT2D eigenvalue weighted by molar-refractivity contribution is -0.133. The summed E-state index contributed by atoms with van der Waals surface area (Å²) in [4.78, 5) is 37.8. The van der Waals surface area contributed by atoms with E-state index in [4.69, 9.17) is 0 Å². The molecule has 30 heavy (non-hydrogen) atoms. The van der Waals surface area contributed by atoms with Gasteiger partial charge < -0.3 is 14.8 Å². The van der Waals surface area contributed by atoms with Gasteiger partial charge in [-0.25, -0.2) is 4.98 Å². The number of likely N-dealkylation sites (tertiary alicyclic amines) is 2. The van der Waals surface area contributed by atoms with Gasteiger partial charge in [0.25, 0.3) is 0 Å². The van der Waals surface area contributed by atoms with Crippen molar-refractivity contribution >= 4 is 11.8 Å². The fourth-order valence-corrected chi connectivity index (χ4v) is 4.49. The topological polar surface area (TPSA) is 83.4 Å². The molecule has 2 aliphatic rings. The molecule has 2 aliphatic heterocycles. The molecule has 2 amide bonds. The monoisotopic (exact) mass is 410 g/mol. The Hall–Kier alpha value is -2.74. The minimum absolute atomic E-state index is 0.0309. The number of amides is 2. The number of piperidine rings is 2. The molecular weight excluding hydrogens is 380 g/mol. The van der Waals surface area contributed by atoms with Crippen LogP contribution in [-0.2, 0) is 22.7 Å².